The summed E-state index contributed by atoms with van der Waals surface area (Å²) in [5.41, 5.74) is 0.916. The molecule has 5 heteroatoms. The second-order valence-electron chi connectivity index (χ2n) is 3.72. The van der Waals surface area contributed by atoms with Crippen LogP contribution in [0.5, 0.6) is 0 Å². The van der Waals surface area contributed by atoms with Crippen molar-refractivity contribution in [2.24, 2.45) is 0 Å². The van der Waals surface area contributed by atoms with Crippen LogP contribution in [0.4, 0.5) is 0 Å². The van der Waals surface area contributed by atoms with Crippen molar-refractivity contribution in [3.63, 3.8) is 0 Å². The van der Waals surface area contributed by atoms with Crippen molar-refractivity contribution in [3.05, 3.63) is 17.3 Å². The molecule has 0 fully saturated rings. The van der Waals surface area contributed by atoms with E-state index in [2.05, 4.69) is 4.98 Å². The van der Waals surface area contributed by atoms with E-state index in [1.807, 2.05) is 0 Å². The maximum absolute atomic E-state index is 10.3. The smallest absolute Gasteiger partial charge is 0.303 e. The van der Waals surface area contributed by atoms with Crippen molar-refractivity contribution in [2.45, 2.75) is 38.2 Å². The molecule has 1 atom stereocenters. The minimum absolute atomic E-state index is 0.0752. The summed E-state index contributed by atoms with van der Waals surface area (Å²) in [6.45, 7) is 0. The van der Waals surface area contributed by atoms with Gasteiger partial charge in [0.05, 0.1) is 5.69 Å². The minimum Gasteiger partial charge on any atom is -0.481 e. The highest BCUT2D eigenvalue weighted by molar-refractivity contribution is 5.66. The molecule has 5 nitrogen and oxygen atoms in total. The summed E-state index contributed by atoms with van der Waals surface area (Å²) in [6.07, 6.45) is 1.99. The third-order valence-corrected chi connectivity index (χ3v) is 2.53. The molecule has 2 N–H and O–H groups in total. The molecule has 1 unspecified atom stereocenters. The van der Waals surface area contributed by atoms with Gasteiger partial charge in [-0.25, -0.2) is 4.98 Å². The van der Waals surface area contributed by atoms with E-state index in [0.29, 0.717) is 0 Å². The maximum atomic E-state index is 10.3. The molecule has 1 heterocycles. The first-order chi connectivity index (χ1) is 7.16. The van der Waals surface area contributed by atoms with Crippen LogP contribution in [0.2, 0.25) is 0 Å². The lowest BCUT2D eigenvalue weighted by atomic mass is 10.2. The average molecular weight is 211 g/mol. The Bertz CT molecular complexity index is 350. The molecule has 1 aromatic heterocycles. The van der Waals surface area contributed by atoms with Crippen LogP contribution in [-0.4, -0.2) is 21.2 Å². The molecule has 0 bridgehead atoms. The molecular weight excluding hydrogens is 198 g/mol. The SMILES string of the molecule is O=C(O)CCC(O)c1nc2c(o1)CCC2. The molecule has 0 radical (unpaired) electrons. The fourth-order valence-corrected chi connectivity index (χ4v) is 1.74. The third kappa shape index (κ3) is 2.18. The summed E-state index contributed by atoms with van der Waals surface area (Å²) in [5, 5.41) is 18.1. The van der Waals surface area contributed by atoms with Crippen LogP contribution < -0.4 is 0 Å². The van der Waals surface area contributed by atoms with Crippen molar-refractivity contribution in [1.82, 2.24) is 4.98 Å². The maximum Gasteiger partial charge on any atom is 0.303 e. The largest absolute Gasteiger partial charge is 0.481 e. The van der Waals surface area contributed by atoms with Crippen molar-refractivity contribution in [3.8, 4) is 0 Å². The van der Waals surface area contributed by atoms with E-state index in [-0.39, 0.29) is 18.7 Å². The van der Waals surface area contributed by atoms with Gasteiger partial charge in [0, 0.05) is 12.8 Å². The Kier molecular flexibility index (Phi) is 2.73. The second kappa shape index (κ2) is 4.02. The first kappa shape index (κ1) is 10.2. The van der Waals surface area contributed by atoms with Crippen LogP contribution in [0.1, 0.15) is 42.7 Å². The number of aliphatic hydroxyl groups excluding tert-OH is 1. The topological polar surface area (TPSA) is 83.6 Å². The highest BCUT2D eigenvalue weighted by Gasteiger charge is 2.22. The van der Waals surface area contributed by atoms with Crippen LogP contribution in [0.25, 0.3) is 0 Å². The normalized spacial score (nSPS) is 16.3. The number of aryl methyl sites for hydroxylation is 2. The molecule has 1 aromatic rings. The van der Waals surface area contributed by atoms with Gasteiger partial charge in [-0.3, -0.25) is 4.79 Å². The van der Waals surface area contributed by atoms with Crippen molar-refractivity contribution < 1.29 is 19.4 Å². The zero-order valence-corrected chi connectivity index (χ0v) is 8.27. The molecule has 0 spiro atoms. The number of aromatic nitrogens is 1. The standard InChI is InChI=1S/C10H13NO4/c12-7(4-5-9(13)14)10-11-6-2-1-3-8(6)15-10/h7,12H,1-5H2,(H,13,14). The summed E-state index contributed by atoms with van der Waals surface area (Å²) >= 11 is 0. The molecule has 0 aromatic carbocycles. The summed E-state index contributed by atoms with van der Waals surface area (Å²) in [6, 6.07) is 0. The fraction of sp³-hybridized carbons (Fsp3) is 0.600. The van der Waals surface area contributed by atoms with Gasteiger partial charge >= 0.3 is 5.97 Å². The van der Waals surface area contributed by atoms with Gasteiger partial charge in [-0.05, 0) is 19.3 Å². The van der Waals surface area contributed by atoms with Gasteiger partial charge in [-0.2, -0.15) is 0 Å². The molecule has 1 aliphatic rings. The molecule has 15 heavy (non-hydrogen) atoms. The third-order valence-electron chi connectivity index (χ3n) is 2.53. The summed E-state index contributed by atoms with van der Waals surface area (Å²) in [7, 11) is 0. The zero-order valence-electron chi connectivity index (χ0n) is 8.27. The quantitative estimate of drug-likeness (QED) is 0.778. The molecule has 0 amide bonds. The Balaban J connectivity index is 1.99. The minimum atomic E-state index is -0.923. The number of aliphatic carboxylic acids is 1. The van der Waals surface area contributed by atoms with Gasteiger partial charge in [0.25, 0.3) is 0 Å². The Labute approximate surface area is 86.7 Å². The first-order valence-electron chi connectivity index (χ1n) is 5.05. The number of rotatable bonds is 4. The van der Waals surface area contributed by atoms with Crippen molar-refractivity contribution in [1.29, 1.82) is 0 Å². The summed E-state index contributed by atoms with van der Waals surface area (Å²) in [5.74, 6) is 0.188. The Morgan fingerprint density at radius 3 is 3.00 bits per heavy atom. The molecule has 0 aliphatic heterocycles. The second-order valence-corrected chi connectivity index (χ2v) is 3.72. The first-order valence-corrected chi connectivity index (χ1v) is 5.05. The van der Waals surface area contributed by atoms with E-state index in [1.165, 1.54) is 0 Å². The number of aliphatic hydroxyl groups is 1. The number of nitrogens with zero attached hydrogens (tertiary/aromatic N) is 1. The van der Waals surface area contributed by atoms with E-state index in [9.17, 15) is 9.90 Å². The monoisotopic (exact) mass is 211 g/mol. The molecular formula is C10H13NO4. The van der Waals surface area contributed by atoms with E-state index in [0.717, 1.165) is 30.7 Å². The lowest BCUT2D eigenvalue weighted by Gasteiger charge is -2.03. The van der Waals surface area contributed by atoms with Gasteiger partial charge in [0.1, 0.15) is 11.9 Å². The Hall–Kier alpha value is -1.36. The average Bonchev–Trinajstić information content (AvgIpc) is 2.72. The van der Waals surface area contributed by atoms with Gasteiger partial charge in [-0.1, -0.05) is 0 Å². The molecule has 0 saturated carbocycles. The summed E-state index contributed by atoms with van der Waals surface area (Å²) in [4.78, 5) is 14.5. The van der Waals surface area contributed by atoms with Crippen LogP contribution >= 0.6 is 0 Å². The van der Waals surface area contributed by atoms with Crippen LogP contribution in [0, 0.1) is 0 Å². The summed E-state index contributed by atoms with van der Waals surface area (Å²) < 4.78 is 5.37. The van der Waals surface area contributed by atoms with Crippen molar-refractivity contribution >= 4 is 5.97 Å². The van der Waals surface area contributed by atoms with Gasteiger partial charge in [0.15, 0.2) is 0 Å². The lowest BCUT2D eigenvalue weighted by Crippen LogP contribution is -2.03. The number of carboxylic acids is 1. The van der Waals surface area contributed by atoms with Gasteiger partial charge in [-0.15, -0.1) is 0 Å². The number of fused-ring (bicyclic) bond motifs is 1. The van der Waals surface area contributed by atoms with E-state index in [1.54, 1.807) is 0 Å². The molecule has 0 saturated heterocycles. The van der Waals surface area contributed by atoms with E-state index < -0.39 is 12.1 Å². The number of oxazole rings is 1. The van der Waals surface area contributed by atoms with E-state index >= 15 is 0 Å². The highest BCUT2D eigenvalue weighted by atomic mass is 16.4. The van der Waals surface area contributed by atoms with Crippen LogP contribution in [0.15, 0.2) is 4.42 Å². The van der Waals surface area contributed by atoms with E-state index in [4.69, 9.17) is 9.52 Å². The predicted octanol–water partition coefficient (Wildman–Crippen LogP) is 1.06. The number of carboxylic acid groups (broad SMARTS) is 1. The van der Waals surface area contributed by atoms with Gasteiger partial charge < -0.3 is 14.6 Å². The van der Waals surface area contributed by atoms with Crippen LogP contribution in [0.3, 0.4) is 0 Å². The fourth-order valence-electron chi connectivity index (χ4n) is 1.74. The van der Waals surface area contributed by atoms with Gasteiger partial charge in [0.2, 0.25) is 5.89 Å². The Morgan fingerprint density at radius 2 is 2.33 bits per heavy atom. The predicted molar refractivity (Wildman–Crippen MR) is 50.4 cm³/mol. The number of hydrogen-bond donors (Lipinski definition) is 2. The van der Waals surface area contributed by atoms with Crippen molar-refractivity contribution in [2.75, 3.05) is 0 Å². The molecule has 82 valence electrons. The number of carbonyl (C=O) groups is 1. The van der Waals surface area contributed by atoms with Crippen LogP contribution in [-0.2, 0) is 17.6 Å². The Morgan fingerprint density at radius 1 is 1.53 bits per heavy atom. The molecule has 2 rings (SSSR count). The number of hydrogen-bond acceptors (Lipinski definition) is 4. The zero-order chi connectivity index (χ0) is 10.8. The highest BCUT2D eigenvalue weighted by Crippen LogP contribution is 2.26. The lowest BCUT2D eigenvalue weighted by molar-refractivity contribution is -0.137. The molecule has 1 aliphatic carbocycles.